The van der Waals surface area contributed by atoms with Gasteiger partial charge < -0.3 is 10.1 Å². The normalized spacial score (nSPS) is 45.4. The summed E-state index contributed by atoms with van der Waals surface area (Å²) in [6.07, 6.45) is 4.96. The Hall–Kier alpha value is -0.370. The Morgan fingerprint density at radius 1 is 1.40 bits per heavy atom. The molecule has 10 heavy (non-hydrogen) atoms. The molecule has 1 heterocycles. The third kappa shape index (κ3) is 0.870. The molecule has 2 nitrogen and oxygen atoms in total. The second-order valence-corrected chi connectivity index (χ2v) is 3.51. The molecule has 1 saturated carbocycles. The van der Waals surface area contributed by atoms with Gasteiger partial charge in [0.15, 0.2) is 0 Å². The molecule has 3 atom stereocenters. The largest absolute Gasteiger partial charge is 0.307 e. The predicted molar refractivity (Wildman–Crippen MR) is 38.7 cm³/mol. The van der Waals surface area contributed by atoms with Crippen molar-refractivity contribution in [2.45, 2.75) is 25.3 Å². The minimum Gasteiger partial charge on any atom is -0.307 e. The molecule has 1 N–H and O–H groups in total. The number of hydrogen-bond donors (Lipinski definition) is 1. The van der Waals surface area contributed by atoms with Gasteiger partial charge in [-0.05, 0) is 37.6 Å². The van der Waals surface area contributed by atoms with Crippen molar-refractivity contribution in [3.05, 3.63) is 0 Å². The van der Waals surface area contributed by atoms with Gasteiger partial charge >= 0.3 is 0 Å². The van der Waals surface area contributed by atoms with Crippen molar-refractivity contribution in [1.82, 2.24) is 5.32 Å². The van der Waals surface area contributed by atoms with Crippen molar-refractivity contribution in [1.29, 1.82) is 0 Å². The van der Waals surface area contributed by atoms with E-state index in [1.165, 1.54) is 19.3 Å². The number of carbonyl (C=O) groups excluding carboxylic acids is 1. The molecule has 2 rings (SSSR count). The summed E-state index contributed by atoms with van der Waals surface area (Å²) in [5.74, 6) is 1.54. The van der Waals surface area contributed by atoms with Gasteiger partial charge in [-0.25, -0.2) is 0 Å². The Bertz CT molecular complexity index is 146. The first kappa shape index (κ1) is 6.35. The molecule has 1 aliphatic carbocycles. The maximum atomic E-state index is 10.5. The van der Waals surface area contributed by atoms with Crippen molar-refractivity contribution in [2.24, 2.45) is 11.8 Å². The van der Waals surface area contributed by atoms with Crippen molar-refractivity contribution >= 4 is 6.29 Å². The molecule has 0 aromatic rings. The summed E-state index contributed by atoms with van der Waals surface area (Å²) in [6.45, 7) is 1.07. The third-order valence-electron chi connectivity index (χ3n) is 2.88. The molecule has 1 saturated heterocycles. The maximum absolute atomic E-state index is 10.5. The molecule has 2 unspecified atom stereocenters. The first-order valence-electron chi connectivity index (χ1n) is 4.09. The van der Waals surface area contributed by atoms with Gasteiger partial charge in [-0.15, -0.1) is 0 Å². The topological polar surface area (TPSA) is 29.1 Å². The fraction of sp³-hybridized carbons (Fsp3) is 0.875. The second kappa shape index (κ2) is 2.35. The smallest absolute Gasteiger partial charge is 0.137 e. The number of hydrogen-bond acceptors (Lipinski definition) is 2. The summed E-state index contributed by atoms with van der Waals surface area (Å²) < 4.78 is 0. The SMILES string of the molecule is O=C[C@H]1NCC2CCC1C2. The first-order valence-corrected chi connectivity index (χ1v) is 4.09. The van der Waals surface area contributed by atoms with Crippen LogP contribution in [0.3, 0.4) is 0 Å². The summed E-state index contributed by atoms with van der Waals surface area (Å²) in [6, 6.07) is 0.179. The highest BCUT2D eigenvalue weighted by Crippen LogP contribution is 2.35. The maximum Gasteiger partial charge on any atom is 0.137 e. The van der Waals surface area contributed by atoms with Crippen LogP contribution in [0.4, 0.5) is 0 Å². The van der Waals surface area contributed by atoms with E-state index >= 15 is 0 Å². The fourth-order valence-corrected chi connectivity index (χ4v) is 2.25. The van der Waals surface area contributed by atoms with Gasteiger partial charge in [0.25, 0.3) is 0 Å². The predicted octanol–water partition coefficient (Wildman–Crippen LogP) is 0.573. The van der Waals surface area contributed by atoms with Crippen LogP contribution in [-0.4, -0.2) is 18.9 Å². The van der Waals surface area contributed by atoms with Gasteiger partial charge in [0.05, 0.1) is 6.04 Å². The average Bonchev–Trinajstić information content (AvgIpc) is 2.34. The Morgan fingerprint density at radius 2 is 2.30 bits per heavy atom. The molecule has 0 aromatic carbocycles. The van der Waals surface area contributed by atoms with Crippen LogP contribution >= 0.6 is 0 Å². The molecule has 56 valence electrons. The molecule has 0 spiro atoms. The van der Waals surface area contributed by atoms with Crippen molar-refractivity contribution in [2.75, 3.05) is 6.54 Å². The summed E-state index contributed by atoms with van der Waals surface area (Å²) in [4.78, 5) is 10.5. The molecule has 0 amide bonds. The van der Waals surface area contributed by atoms with E-state index in [4.69, 9.17) is 0 Å². The monoisotopic (exact) mass is 139 g/mol. The van der Waals surface area contributed by atoms with Crippen molar-refractivity contribution in [3.8, 4) is 0 Å². The minimum absolute atomic E-state index is 0.179. The molecular formula is C8H13NO. The number of rotatable bonds is 1. The van der Waals surface area contributed by atoms with Crippen LogP contribution in [0.1, 0.15) is 19.3 Å². The number of aldehydes is 1. The van der Waals surface area contributed by atoms with Crippen molar-refractivity contribution < 1.29 is 4.79 Å². The van der Waals surface area contributed by atoms with Gasteiger partial charge in [0.1, 0.15) is 6.29 Å². The summed E-state index contributed by atoms with van der Waals surface area (Å²) >= 11 is 0. The Kier molecular flexibility index (Phi) is 1.49. The third-order valence-corrected chi connectivity index (χ3v) is 2.88. The van der Waals surface area contributed by atoms with E-state index in [2.05, 4.69) is 5.32 Å². The number of piperidine rings is 1. The molecule has 2 fully saturated rings. The van der Waals surface area contributed by atoms with Crippen LogP contribution in [0.2, 0.25) is 0 Å². The highest BCUT2D eigenvalue weighted by molar-refractivity contribution is 5.58. The lowest BCUT2D eigenvalue weighted by molar-refractivity contribution is -0.111. The minimum atomic E-state index is 0.179. The Morgan fingerprint density at radius 3 is 3.10 bits per heavy atom. The number of carbonyl (C=O) groups is 1. The molecule has 0 aromatic heterocycles. The van der Waals surface area contributed by atoms with Crippen LogP contribution < -0.4 is 5.32 Å². The van der Waals surface area contributed by atoms with Crippen LogP contribution in [-0.2, 0) is 4.79 Å². The fourth-order valence-electron chi connectivity index (χ4n) is 2.25. The molecule has 0 radical (unpaired) electrons. The van der Waals surface area contributed by atoms with E-state index < -0.39 is 0 Å². The average molecular weight is 139 g/mol. The van der Waals surface area contributed by atoms with Gasteiger partial charge in [0, 0.05) is 0 Å². The Balaban J connectivity index is 2.06. The summed E-state index contributed by atoms with van der Waals surface area (Å²) in [5, 5.41) is 3.26. The molecule has 2 heteroatoms. The zero-order valence-electron chi connectivity index (χ0n) is 6.05. The summed E-state index contributed by atoms with van der Waals surface area (Å²) in [5.41, 5.74) is 0. The Labute approximate surface area is 61.0 Å². The van der Waals surface area contributed by atoms with Gasteiger partial charge in [-0.2, -0.15) is 0 Å². The zero-order valence-corrected chi connectivity index (χ0v) is 6.05. The van der Waals surface area contributed by atoms with Gasteiger partial charge in [-0.3, -0.25) is 0 Å². The van der Waals surface area contributed by atoms with E-state index in [9.17, 15) is 4.79 Å². The van der Waals surface area contributed by atoms with Crippen LogP contribution in [0.25, 0.3) is 0 Å². The second-order valence-electron chi connectivity index (χ2n) is 3.51. The van der Waals surface area contributed by atoms with Crippen LogP contribution in [0.15, 0.2) is 0 Å². The van der Waals surface area contributed by atoms with Gasteiger partial charge in [-0.1, -0.05) is 0 Å². The lowest BCUT2D eigenvalue weighted by Crippen LogP contribution is -2.42. The number of fused-ring (bicyclic) bond motifs is 2. The van der Waals surface area contributed by atoms with Crippen LogP contribution in [0, 0.1) is 11.8 Å². The van der Waals surface area contributed by atoms with E-state index in [-0.39, 0.29) is 6.04 Å². The standard InChI is InChI=1S/C8H13NO/c10-5-8-7-2-1-6(3-7)4-9-8/h5-9H,1-4H2/t6?,7?,8-/m1/s1. The van der Waals surface area contributed by atoms with Crippen LogP contribution in [0.5, 0.6) is 0 Å². The molecule has 2 aliphatic rings. The van der Waals surface area contributed by atoms with Gasteiger partial charge in [0.2, 0.25) is 0 Å². The van der Waals surface area contributed by atoms with E-state index in [1.807, 2.05) is 0 Å². The van der Waals surface area contributed by atoms with E-state index in [0.29, 0.717) is 5.92 Å². The quantitative estimate of drug-likeness (QED) is 0.538. The lowest BCUT2D eigenvalue weighted by atomic mass is 9.94. The lowest BCUT2D eigenvalue weighted by Gasteiger charge is -2.25. The number of nitrogens with one attached hydrogen (secondary N) is 1. The molecule has 2 bridgehead atoms. The molecular weight excluding hydrogens is 126 g/mol. The first-order chi connectivity index (χ1) is 4.90. The highest BCUT2D eigenvalue weighted by Gasteiger charge is 2.34. The zero-order chi connectivity index (χ0) is 6.97. The van der Waals surface area contributed by atoms with E-state index in [0.717, 1.165) is 18.7 Å². The highest BCUT2D eigenvalue weighted by atomic mass is 16.1. The molecule has 1 aliphatic heterocycles. The van der Waals surface area contributed by atoms with Crippen molar-refractivity contribution in [3.63, 3.8) is 0 Å². The summed E-state index contributed by atoms with van der Waals surface area (Å²) in [7, 11) is 0. The van der Waals surface area contributed by atoms with E-state index in [1.54, 1.807) is 0 Å².